The summed E-state index contributed by atoms with van der Waals surface area (Å²) in [6.07, 6.45) is 1.73. The number of benzene rings is 1. The molecular formula is C11H13N3S. The third-order valence-corrected chi connectivity index (χ3v) is 3.03. The monoisotopic (exact) mass is 219 g/mol. The number of hydrogen-bond donors (Lipinski definition) is 1. The van der Waals surface area contributed by atoms with Crippen LogP contribution >= 0.6 is 11.5 Å². The van der Waals surface area contributed by atoms with Gasteiger partial charge in [-0.15, -0.1) is 5.10 Å². The summed E-state index contributed by atoms with van der Waals surface area (Å²) < 4.78 is 3.83. The van der Waals surface area contributed by atoms with Crippen LogP contribution in [0, 0.1) is 13.8 Å². The van der Waals surface area contributed by atoms with Crippen molar-refractivity contribution in [1.82, 2.24) is 9.59 Å². The molecule has 2 rings (SSSR count). The number of nitrogens with two attached hydrogens (primary N) is 1. The first-order chi connectivity index (χ1) is 7.16. The highest BCUT2D eigenvalue weighted by Crippen LogP contribution is 2.23. The lowest BCUT2D eigenvalue weighted by molar-refractivity contribution is 0.884. The summed E-state index contributed by atoms with van der Waals surface area (Å²) in [5.74, 6) is 0. The molecule has 4 heteroatoms. The van der Waals surface area contributed by atoms with Gasteiger partial charge in [0.2, 0.25) is 0 Å². The highest BCUT2D eigenvalue weighted by molar-refractivity contribution is 7.05. The van der Waals surface area contributed by atoms with Crippen LogP contribution in [0.15, 0.2) is 24.4 Å². The van der Waals surface area contributed by atoms with Crippen molar-refractivity contribution >= 4 is 11.5 Å². The van der Waals surface area contributed by atoms with Crippen molar-refractivity contribution in [2.45, 2.75) is 19.9 Å². The second-order valence-corrected chi connectivity index (χ2v) is 4.54. The Bertz CT molecular complexity index is 431. The quantitative estimate of drug-likeness (QED) is 0.842. The molecule has 1 aromatic carbocycles. The Morgan fingerprint density at radius 1 is 1.20 bits per heavy atom. The van der Waals surface area contributed by atoms with Gasteiger partial charge >= 0.3 is 0 Å². The SMILES string of the molecule is Cc1cc(C)cc(C(N)c2cnns2)c1. The Morgan fingerprint density at radius 3 is 2.40 bits per heavy atom. The van der Waals surface area contributed by atoms with E-state index in [1.54, 1.807) is 6.20 Å². The average Bonchev–Trinajstić information content (AvgIpc) is 2.67. The van der Waals surface area contributed by atoms with Crippen LogP contribution in [0.3, 0.4) is 0 Å². The number of nitrogens with zero attached hydrogens (tertiary/aromatic N) is 2. The Morgan fingerprint density at radius 2 is 1.87 bits per heavy atom. The molecule has 0 radical (unpaired) electrons. The Balaban J connectivity index is 2.37. The van der Waals surface area contributed by atoms with Gasteiger partial charge in [0.1, 0.15) is 0 Å². The maximum absolute atomic E-state index is 6.13. The second-order valence-electron chi connectivity index (χ2n) is 3.72. The maximum atomic E-state index is 6.13. The molecule has 15 heavy (non-hydrogen) atoms. The highest BCUT2D eigenvalue weighted by atomic mass is 32.1. The molecule has 0 saturated carbocycles. The molecule has 78 valence electrons. The molecule has 0 aliphatic heterocycles. The summed E-state index contributed by atoms with van der Waals surface area (Å²) in [4.78, 5) is 1.00. The molecule has 1 atom stereocenters. The van der Waals surface area contributed by atoms with Gasteiger partial charge in [-0.1, -0.05) is 33.8 Å². The summed E-state index contributed by atoms with van der Waals surface area (Å²) in [5.41, 5.74) is 9.72. The minimum atomic E-state index is -0.108. The summed E-state index contributed by atoms with van der Waals surface area (Å²) in [5, 5.41) is 3.80. The predicted molar refractivity (Wildman–Crippen MR) is 61.9 cm³/mol. The lowest BCUT2D eigenvalue weighted by Crippen LogP contribution is -2.10. The first-order valence-corrected chi connectivity index (χ1v) is 5.55. The lowest BCUT2D eigenvalue weighted by atomic mass is 10.0. The van der Waals surface area contributed by atoms with Crippen LogP contribution < -0.4 is 5.73 Å². The molecule has 1 unspecified atom stereocenters. The van der Waals surface area contributed by atoms with E-state index < -0.39 is 0 Å². The third-order valence-electron chi connectivity index (χ3n) is 2.29. The van der Waals surface area contributed by atoms with Crippen LogP contribution in [-0.4, -0.2) is 9.59 Å². The number of rotatable bonds is 2. The van der Waals surface area contributed by atoms with Crippen molar-refractivity contribution in [3.63, 3.8) is 0 Å². The molecule has 1 aromatic heterocycles. The zero-order valence-corrected chi connectivity index (χ0v) is 9.58. The van der Waals surface area contributed by atoms with Gasteiger partial charge in [0.15, 0.2) is 0 Å². The van der Waals surface area contributed by atoms with E-state index in [4.69, 9.17) is 5.73 Å². The molecular weight excluding hydrogens is 206 g/mol. The van der Waals surface area contributed by atoms with Gasteiger partial charge in [0.05, 0.1) is 17.1 Å². The maximum Gasteiger partial charge on any atom is 0.0678 e. The number of aryl methyl sites for hydroxylation is 2. The molecule has 0 bridgehead atoms. The minimum Gasteiger partial charge on any atom is -0.320 e. The zero-order chi connectivity index (χ0) is 10.8. The second kappa shape index (κ2) is 4.08. The van der Waals surface area contributed by atoms with E-state index in [1.807, 2.05) is 0 Å². The average molecular weight is 219 g/mol. The Labute approximate surface area is 93.1 Å². The van der Waals surface area contributed by atoms with Gasteiger partial charge in [-0.2, -0.15) is 0 Å². The molecule has 0 aliphatic rings. The fourth-order valence-electron chi connectivity index (χ4n) is 1.67. The topological polar surface area (TPSA) is 51.8 Å². The van der Waals surface area contributed by atoms with Gasteiger partial charge in [-0.05, 0) is 30.9 Å². The standard InChI is InChI=1S/C11H13N3S/c1-7-3-8(2)5-9(4-7)11(12)10-6-13-14-15-10/h3-6,11H,12H2,1-2H3. The number of hydrogen-bond acceptors (Lipinski definition) is 4. The summed E-state index contributed by atoms with van der Waals surface area (Å²) in [7, 11) is 0. The summed E-state index contributed by atoms with van der Waals surface area (Å²) in [6, 6.07) is 6.25. The van der Waals surface area contributed by atoms with E-state index in [-0.39, 0.29) is 6.04 Å². The van der Waals surface area contributed by atoms with Crippen LogP contribution in [0.25, 0.3) is 0 Å². The first kappa shape index (κ1) is 10.3. The smallest absolute Gasteiger partial charge is 0.0678 e. The predicted octanol–water partition coefficient (Wildman–Crippen LogP) is 2.20. The molecule has 2 aromatic rings. The van der Waals surface area contributed by atoms with Crippen molar-refractivity contribution < 1.29 is 0 Å². The van der Waals surface area contributed by atoms with Crippen LogP contribution in [0.2, 0.25) is 0 Å². The van der Waals surface area contributed by atoms with Gasteiger partial charge in [-0.3, -0.25) is 0 Å². The van der Waals surface area contributed by atoms with E-state index >= 15 is 0 Å². The Kier molecular flexibility index (Phi) is 2.79. The largest absolute Gasteiger partial charge is 0.320 e. The van der Waals surface area contributed by atoms with E-state index in [0.717, 1.165) is 10.4 Å². The molecule has 2 N–H and O–H groups in total. The van der Waals surface area contributed by atoms with Crippen molar-refractivity contribution in [2.75, 3.05) is 0 Å². The minimum absolute atomic E-state index is 0.108. The van der Waals surface area contributed by atoms with E-state index in [2.05, 4.69) is 41.6 Å². The first-order valence-electron chi connectivity index (χ1n) is 4.78. The molecule has 0 fully saturated rings. The molecule has 0 saturated heterocycles. The van der Waals surface area contributed by atoms with Crippen molar-refractivity contribution in [3.8, 4) is 0 Å². The highest BCUT2D eigenvalue weighted by Gasteiger charge is 2.11. The van der Waals surface area contributed by atoms with Gasteiger partial charge < -0.3 is 5.73 Å². The van der Waals surface area contributed by atoms with E-state index in [0.29, 0.717) is 0 Å². The fraction of sp³-hybridized carbons (Fsp3) is 0.273. The van der Waals surface area contributed by atoms with Crippen molar-refractivity contribution in [3.05, 3.63) is 46.0 Å². The molecule has 1 heterocycles. The molecule has 0 amide bonds. The molecule has 0 aliphatic carbocycles. The normalized spacial score (nSPS) is 12.7. The van der Waals surface area contributed by atoms with Gasteiger partial charge in [0, 0.05) is 0 Å². The summed E-state index contributed by atoms with van der Waals surface area (Å²) in [6.45, 7) is 4.16. The van der Waals surface area contributed by atoms with Gasteiger partial charge in [-0.25, -0.2) is 0 Å². The Hall–Kier alpha value is -1.26. The number of aromatic nitrogens is 2. The fourth-order valence-corrected chi connectivity index (χ4v) is 2.20. The van der Waals surface area contributed by atoms with E-state index in [9.17, 15) is 0 Å². The van der Waals surface area contributed by atoms with Crippen LogP contribution in [0.4, 0.5) is 0 Å². The van der Waals surface area contributed by atoms with Crippen molar-refractivity contribution in [2.24, 2.45) is 5.73 Å². The van der Waals surface area contributed by atoms with Crippen LogP contribution in [-0.2, 0) is 0 Å². The molecule has 0 spiro atoms. The summed E-state index contributed by atoms with van der Waals surface area (Å²) >= 11 is 1.35. The van der Waals surface area contributed by atoms with E-state index in [1.165, 1.54) is 22.7 Å². The van der Waals surface area contributed by atoms with Crippen LogP contribution in [0.5, 0.6) is 0 Å². The third kappa shape index (κ3) is 2.22. The van der Waals surface area contributed by atoms with Crippen molar-refractivity contribution in [1.29, 1.82) is 0 Å². The lowest BCUT2D eigenvalue weighted by Gasteiger charge is -2.10. The van der Waals surface area contributed by atoms with Gasteiger partial charge in [0.25, 0.3) is 0 Å². The molecule has 3 nitrogen and oxygen atoms in total. The zero-order valence-electron chi connectivity index (χ0n) is 8.77. The van der Waals surface area contributed by atoms with Crippen LogP contribution in [0.1, 0.15) is 27.6 Å².